The highest BCUT2D eigenvalue weighted by Gasteiger charge is 2.12. The van der Waals surface area contributed by atoms with Gasteiger partial charge in [-0.1, -0.05) is 110 Å². The number of rotatable bonds is 18. The van der Waals surface area contributed by atoms with Gasteiger partial charge in [0.15, 0.2) is 0 Å². The molecule has 2 heteroatoms. The number of aryl methyl sites for hydroxylation is 2. The summed E-state index contributed by atoms with van der Waals surface area (Å²) < 4.78 is 0. The zero-order chi connectivity index (χ0) is 25.1. The molecule has 35 heavy (non-hydrogen) atoms. The molecule has 192 valence electrons. The smallest absolute Gasteiger partial charge is 0.0636 e. The van der Waals surface area contributed by atoms with E-state index in [2.05, 4.69) is 76.2 Å². The first-order chi connectivity index (χ1) is 17.2. The molecule has 0 atom stereocenters. The Labute approximate surface area is 216 Å². The second-order valence-corrected chi connectivity index (χ2v) is 9.88. The molecule has 0 saturated heterocycles. The number of unbranched alkanes of at least 4 members (excludes halogenated alkanes) is 7. The van der Waals surface area contributed by atoms with Crippen LogP contribution in [0.2, 0.25) is 0 Å². The van der Waals surface area contributed by atoms with E-state index in [1.54, 1.807) is 0 Å². The molecule has 0 aromatic heterocycles. The van der Waals surface area contributed by atoms with Gasteiger partial charge in [0.1, 0.15) is 0 Å². The molecule has 0 radical (unpaired) electrons. The molecule has 0 aliphatic carbocycles. The monoisotopic (exact) mass is 474 g/mol. The molecule has 0 aliphatic heterocycles. The highest BCUT2D eigenvalue weighted by Crippen LogP contribution is 2.24. The summed E-state index contributed by atoms with van der Waals surface area (Å²) in [5.41, 5.74) is 7.50. The Hall–Kier alpha value is -2.22. The van der Waals surface area contributed by atoms with Crippen molar-refractivity contribution >= 4 is 22.8 Å². The molecule has 0 saturated carbocycles. The highest BCUT2D eigenvalue weighted by molar-refractivity contribution is 6.43. The van der Waals surface area contributed by atoms with Crippen molar-refractivity contribution < 1.29 is 0 Å². The van der Waals surface area contributed by atoms with Gasteiger partial charge in [0, 0.05) is 0 Å². The van der Waals surface area contributed by atoms with Crippen molar-refractivity contribution in [2.75, 3.05) is 0 Å². The van der Waals surface area contributed by atoms with Gasteiger partial charge in [0.25, 0.3) is 0 Å². The average molecular weight is 475 g/mol. The van der Waals surface area contributed by atoms with E-state index in [1.165, 1.54) is 93.2 Å². The van der Waals surface area contributed by atoms with Crippen LogP contribution in [0.25, 0.3) is 0 Å². The minimum Gasteiger partial charge on any atom is -0.252 e. The van der Waals surface area contributed by atoms with Crippen LogP contribution in [0.5, 0.6) is 0 Å². The van der Waals surface area contributed by atoms with E-state index in [0.29, 0.717) is 0 Å². The molecule has 2 aromatic rings. The lowest BCUT2D eigenvalue weighted by molar-refractivity contribution is 0.616. The molecule has 2 rings (SSSR count). The third-order valence-electron chi connectivity index (χ3n) is 6.63. The Morgan fingerprint density at radius 1 is 0.514 bits per heavy atom. The molecule has 0 unspecified atom stereocenters. The van der Waals surface area contributed by atoms with Gasteiger partial charge in [-0.05, 0) is 73.9 Å². The fraction of sp³-hybridized carbons (Fsp3) is 0.576. The van der Waals surface area contributed by atoms with Crippen LogP contribution in [-0.4, -0.2) is 11.4 Å². The highest BCUT2D eigenvalue weighted by atomic mass is 14.8. The number of hydrogen-bond acceptors (Lipinski definition) is 2. The Morgan fingerprint density at radius 3 is 1.71 bits per heavy atom. The summed E-state index contributed by atoms with van der Waals surface area (Å²) in [4.78, 5) is 10.4. The number of benzene rings is 2. The Morgan fingerprint density at radius 2 is 1.06 bits per heavy atom. The predicted octanol–water partition coefficient (Wildman–Crippen LogP) is 10.8. The van der Waals surface area contributed by atoms with Gasteiger partial charge in [0.05, 0.1) is 22.8 Å². The van der Waals surface area contributed by atoms with Crippen LogP contribution in [0.3, 0.4) is 0 Å². The summed E-state index contributed by atoms with van der Waals surface area (Å²) in [6.45, 7) is 9.09. The van der Waals surface area contributed by atoms with Crippen molar-refractivity contribution in [1.29, 1.82) is 0 Å². The van der Waals surface area contributed by atoms with E-state index in [0.717, 1.165) is 37.1 Å². The lowest BCUT2D eigenvalue weighted by Crippen LogP contribution is -2.14. The van der Waals surface area contributed by atoms with E-state index in [-0.39, 0.29) is 0 Å². The third-order valence-corrected chi connectivity index (χ3v) is 6.63. The molecule has 0 amide bonds. The average Bonchev–Trinajstić information content (AvgIpc) is 2.87. The van der Waals surface area contributed by atoms with Gasteiger partial charge in [-0.3, -0.25) is 9.98 Å². The maximum absolute atomic E-state index is 5.29. The number of nitrogens with zero attached hydrogens (tertiary/aromatic N) is 2. The van der Waals surface area contributed by atoms with Crippen LogP contribution < -0.4 is 0 Å². The van der Waals surface area contributed by atoms with E-state index in [4.69, 9.17) is 9.98 Å². The molecule has 0 aliphatic rings. The van der Waals surface area contributed by atoms with Crippen LogP contribution in [0.4, 0.5) is 11.4 Å². The summed E-state index contributed by atoms with van der Waals surface area (Å²) in [7, 11) is 0. The van der Waals surface area contributed by atoms with Gasteiger partial charge < -0.3 is 0 Å². The minimum atomic E-state index is 1.01. The van der Waals surface area contributed by atoms with E-state index >= 15 is 0 Å². The lowest BCUT2D eigenvalue weighted by Gasteiger charge is -2.13. The van der Waals surface area contributed by atoms with Crippen LogP contribution in [0, 0.1) is 0 Å². The molecule has 0 N–H and O–H groups in total. The first-order valence-corrected chi connectivity index (χ1v) is 14.5. The molecule has 2 nitrogen and oxygen atoms in total. The molecular weight excluding hydrogens is 424 g/mol. The molecule has 0 fully saturated rings. The van der Waals surface area contributed by atoms with Crippen molar-refractivity contribution in [3.63, 3.8) is 0 Å². The van der Waals surface area contributed by atoms with Gasteiger partial charge in [0.2, 0.25) is 0 Å². The summed E-state index contributed by atoms with van der Waals surface area (Å²) in [6.07, 6.45) is 18.1. The number of aliphatic imine (C=N–C) groups is 2. The van der Waals surface area contributed by atoms with E-state index in [1.807, 2.05) is 0 Å². The first-order valence-electron chi connectivity index (χ1n) is 14.5. The number of hydrogen-bond donors (Lipinski definition) is 0. The Bertz CT molecular complexity index is 879. The van der Waals surface area contributed by atoms with E-state index < -0.39 is 0 Å². The molecular formula is C33H50N2. The maximum atomic E-state index is 5.29. The summed E-state index contributed by atoms with van der Waals surface area (Å²) >= 11 is 0. The standard InChI is InChI=1S/C33H50N2/c1-5-9-11-12-13-18-24-32(34-30-21-16-14-17-22-30)33(23-15-10-6-2)35-31-26-25-28(19-7-3)29(27-31)20-8-4/h14,16-17,21-22,25-27H,5-13,15,18-20,23-24H2,1-4H3. The van der Waals surface area contributed by atoms with Gasteiger partial charge in [-0.25, -0.2) is 0 Å². The fourth-order valence-electron chi connectivity index (χ4n) is 4.66. The number of para-hydroxylation sites is 1. The minimum absolute atomic E-state index is 1.01. The Kier molecular flexibility index (Phi) is 15.0. The van der Waals surface area contributed by atoms with Gasteiger partial charge in [-0.15, -0.1) is 0 Å². The second kappa shape index (κ2) is 18.1. The third kappa shape index (κ3) is 11.4. The normalized spacial score (nSPS) is 12.3. The topological polar surface area (TPSA) is 24.7 Å². The van der Waals surface area contributed by atoms with Crippen LogP contribution in [0.1, 0.15) is 122 Å². The quantitative estimate of drug-likeness (QED) is 0.152. The fourth-order valence-corrected chi connectivity index (χ4v) is 4.66. The Balaban J connectivity index is 2.36. The zero-order valence-electron chi connectivity index (χ0n) is 23.1. The van der Waals surface area contributed by atoms with E-state index in [9.17, 15) is 0 Å². The van der Waals surface area contributed by atoms with Crippen LogP contribution in [-0.2, 0) is 12.8 Å². The van der Waals surface area contributed by atoms with Crippen molar-refractivity contribution in [3.05, 3.63) is 59.7 Å². The molecule has 0 bridgehead atoms. The molecule has 0 spiro atoms. The summed E-state index contributed by atoms with van der Waals surface area (Å²) in [5, 5.41) is 0. The predicted molar refractivity (Wildman–Crippen MR) is 157 cm³/mol. The summed E-state index contributed by atoms with van der Waals surface area (Å²) in [5.74, 6) is 0. The van der Waals surface area contributed by atoms with Gasteiger partial charge >= 0.3 is 0 Å². The van der Waals surface area contributed by atoms with Crippen molar-refractivity contribution in [2.45, 2.75) is 124 Å². The zero-order valence-corrected chi connectivity index (χ0v) is 23.1. The second-order valence-electron chi connectivity index (χ2n) is 9.88. The van der Waals surface area contributed by atoms with Crippen LogP contribution in [0.15, 0.2) is 58.5 Å². The van der Waals surface area contributed by atoms with Crippen molar-refractivity contribution in [1.82, 2.24) is 0 Å². The van der Waals surface area contributed by atoms with Crippen molar-refractivity contribution in [2.24, 2.45) is 9.98 Å². The lowest BCUT2D eigenvalue weighted by atomic mass is 9.98. The van der Waals surface area contributed by atoms with Crippen LogP contribution >= 0.6 is 0 Å². The molecule has 0 heterocycles. The summed E-state index contributed by atoms with van der Waals surface area (Å²) in [6, 6.07) is 17.4. The first kappa shape index (κ1) is 29.0. The maximum Gasteiger partial charge on any atom is 0.0636 e. The largest absolute Gasteiger partial charge is 0.252 e. The molecule has 2 aromatic carbocycles. The van der Waals surface area contributed by atoms with Crippen molar-refractivity contribution in [3.8, 4) is 0 Å². The van der Waals surface area contributed by atoms with Gasteiger partial charge in [-0.2, -0.15) is 0 Å². The SMILES string of the molecule is CCCCCCCCC(=Nc1ccccc1)C(CCCCC)=Nc1ccc(CCC)c(CCC)c1.